The van der Waals surface area contributed by atoms with E-state index in [0.717, 1.165) is 22.7 Å². The molecule has 8 rings (SSSR count). The van der Waals surface area contributed by atoms with Gasteiger partial charge in [0.2, 0.25) is 0 Å². The second-order valence-corrected chi connectivity index (χ2v) is 14.0. The second-order valence-electron chi connectivity index (χ2n) is 14.0. The minimum atomic E-state index is 0.345. The van der Waals surface area contributed by atoms with Crippen LogP contribution in [-0.2, 0) is 0 Å². The molecule has 0 unspecified atom stereocenters. The average molecular weight is 635 g/mol. The van der Waals surface area contributed by atoms with Crippen LogP contribution in [0.5, 0.6) is 0 Å². The molecule has 0 atom stereocenters. The molecule has 0 amide bonds. The molecule has 0 aliphatic rings. The number of nitrogens with zero attached hydrogens (tertiary/aromatic N) is 2. The maximum atomic E-state index is 2.45. The highest BCUT2D eigenvalue weighted by Gasteiger charge is 2.24. The Labute approximate surface area is 290 Å². The van der Waals surface area contributed by atoms with Gasteiger partial charge in [0.15, 0.2) is 0 Å². The maximum absolute atomic E-state index is 2.45. The van der Waals surface area contributed by atoms with Gasteiger partial charge >= 0.3 is 0 Å². The number of anilines is 6. The van der Waals surface area contributed by atoms with Crippen LogP contribution in [0.25, 0.3) is 32.3 Å². The van der Waals surface area contributed by atoms with Crippen molar-refractivity contribution in [2.75, 3.05) is 9.80 Å². The SMILES string of the molecule is Cc1ccc(N(c2ccc(C)cc2)c2ccc3ccc4c(N(c5ccc(C)cc5)c5ccc(C)cc5)cc(C(C)C)c5ccc2c3c54)cc1. The zero-order valence-corrected chi connectivity index (χ0v) is 29.3. The predicted molar refractivity (Wildman–Crippen MR) is 213 cm³/mol. The van der Waals surface area contributed by atoms with Crippen molar-refractivity contribution < 1.29 is 0 Å². The van der Waals surface area contributed by atoms with Crippen LogP contribution >= 0.6 is 0 Å². The average Bonchev–Trinajstić information content (AvgIpc) is 3.11. The van der Waals surface area contributed by atoms with Gasteiger partial charge in [0.25, 0.3) is 0 Å². The van der Waals surface area contributed by atoms with E-state index in [9.17, 15) is 0 Å². The largest absolute Gasteiger partial charge is 0.310 e. The normalized spacial score (nSPS) is 11.7. The summed E-state index contributed by atoms with van der Waals surface area (Å²) in [5.74, 6) is 0.345. The van der Waals surface area contributed by atoms with Crippen molar-refractivity contribution in [3.05, 3.63) is 167 Å². The van der Waals surface area contributed by atoms with E-state index in [2.05, 4.69) is 191 Å². The third-order valence-corrected chi connectivity index (χ3v) is 10.0. The summed E-state index contributed by atoms with van der Waals surface area (Å²) < 4.78 is 0. The highest BCUT2D eigenvalue weighted by Crippen LogP contribution is 2.49. The number of hydrogen-bond acceptors (Lipinski definition) is 2. The van der Waals surface area contributed by atoms with Gasteiger partial charge in [0.05, 0.1) is 11.4 Å². The van der Waals surface area contributed by atoms with E-state index in [1.54, 1.807) is 0 Å². The zero-order chi connectivity index (χ0) is 33.8. The van der Waals surface area contributed by atoms with Crippen LogP contribution in [0.3, 0.4) is 0 Å². The van der Waals surface area contributed by atoms with E-state index in [0.29, 0.717) is 5.92 Å². The first kappa shape index (κ1) is 30.7. The zero-order valence-electron chi connectivity index (χ0n) is 29.3. The summed E-state index contributed by atoms with van der Waals surface area (Å²) in [7, 11) is 0. The minimum Gasteiger partial charge on any atom is -0.310 e. The van der Waals surface area contributed by atoms with Crippen molar-refractivity contribution in [2.45, 2.75) is 47.5 Å². The Morgan fingerprint density at radius 2 is 0.735 bits per heavy atom. The van der Waals surface area contributed by atoms with Crippen LogP contribution in [0.1, 0.15) is 47.6 Å². The molecule has 0 N–H and O–H groups in total. The summed E-state index contributed by atoms with van der Waals surface area (Å²) in [6.45, 7) is 13.2. The molecule has 0 bridgehead atoms. The molecule has 0 saturated carbocycles. The summed E-state index contributed by atoms with van der Waals surface area (Å²) in [4.78, 5) is 4.86. The molecule has 49 heavy (non-hydrogen) atoms. The molecule has 8 aromatic carbocycles. The lowest BCUT2D eigenvalue weighted by atomic mass is 9.86. The van der Waals surface area contributed by atoms with Gasteiger partial charge in [0.1, 0.15) is 0 Å². The molecular formula is C47H42N2. The highest BCUT2D eigenvalue weighted by atomic mass is 15.1. The van der Waals surface area contributed by atoms with Crippen LogP contribution in [0.15, 0.2) is 140 Å². The topological polar surface area (TPSA) is 6.48 Å². The molecule has 0 fully saturated rings. The molecule has 0 aliphatic heterocycles. The monoisotopic (exact) mass is 634 g/mol. The van der Waals surface area contributed by atoms with Crippen LogP contribution in [0.4, 0.5) is 34.1 Å². The third kappa shape index (κ3) is 5.38. The highest BCUT2D eigenvalue weighted by molar-refractivity contribution is 6.28. The van der Waals surface area contributed by atoms with E-state index in [4.69, 9.17) is 0 Å². The van der Waals surface area contributed by atoms with Gasteiger partial charge < -0.3 is 9.80 Å². The van der Waals surface area contributed by atoms with Gasteiger partial charge in [-0.15, -0.1) is 0 Å². The Balaban J connectivity index is 1.45. The molecule has 0 heterocycles. The first-order chi connectivity index (χ1) is 23.8. The number of rotatable bonds is 7. The molecule has 240 valence electrons. The number of aryl methyl sites for hydroxylation is 4. The van der Waals surface area contributed by atoms with E-state index >= 15 is 0 Å². The van der Waals surface area contributed by atoms with Crippen molar-refractivity contribution >= 4 is 66.4 Å². The Bertz CT molecular complexity index is 2330. The van der Waals surface area contributed by atoms with Gasteiger partial charge in [-0.05, 0) is 121 Å². The summed E-state index contributed by atoms with van der Waals surface area (Å²) in [5.41, 5.74) is 13.4. The van der Waals surface area contributed by atoms with Crippen molar-refractivity contribution in [2.24, 2.45) is 0 Å². The van der Waals surface area contributed by atoms with Gasteiger partial charge in [-0.1, -0.05) is 115 Å². The first-order valence-corrected chi connectivity index (χ1v) is 17.4. The van der Waals surface area contributed by atoms with E-state index < -0.39 is 0 Å². The molecule has 2 nitrogen and oxygen atoms in total. The number of hydrogen-bond donors (Lipinski definition) is 0. The molecule has 0 aromatic heterocycles. The quantitative estimate of drug-likeness (QED) is 0.161. The van der Waals surface area contributed by atoms with Crippen molar-refractivity contribution in [3.63, 3.8) is 0 Å². The molecule has 0 saturated heterocycles. The minimum absolute atomic E-state index is 0.345. The maximum Gasteiger partial charge on any atom is 0.0543 e. The Morgan fingerprint density at radius 1 is 0.367 bits per heavy atom. The lowest BCUT2D eigenvalue weighted by Gasteiger charge is -2.30. The van der Waals surface area contributed by atoms with E-state index in [1.165, 1.54) is 71.5 Å². The van der Waals surface area contributed by atoms with Crippen LogP contribution in [0, 0.1) is 27.7 Å². The first-order valence-electron chi connectivity index (χ1n) is 17.4. The fourth-order valence-electron chi connectivity index (χ4n) is 7.38. The fourth-order valence-corrected chi connectivity index (χ4v) is 7.38. The van der Waals surface area contributed by atoms with Crippen molar-refractivity contribution in [3.8, 4) is 0 Å². The standard InChI is InChI=1S/C47H42N2/c1-30(2)43-29-45(49(38-21-11-33(5)12-22-38)39-23-13-34(6)14-24-39)42-25-15-35-16-28-44(41-27-26-40(43)47(42)46(35)41)48(36-17-7-31(3)8-18-36)37-19-9-32(4)10-20-37/h7-30H,1-6H3. The molecule has 2 heteroatoms. The molecule has 0 spiro atoms. The summed E-state index contributed by atoms with van der Waals surface area (Å²) in [6.07, 6.45) is 0. The lowest BCUT2D eigenvalue weighted by Crippen LogP contribution is -2.12. The molecule has 0 radical (unpaired) electrons. The fraction of sp³-hybridized carbons (Fsp3) is 0.149. The smallest absolute Gasteiger partial charge is 0.0543 e. The van der Waals surface area contributed by atoms with Crippen molar-refractivity contribution in [1.82, 2.24) is 0 Å². The van der Waals surface area contributed by atoms with Gasteiger partial charge in [-0.25, -0.2) is 0 Å². The van der Waals surface area contributed by atoms with Gasteiger partial charge in [0, 0.05) is 33.5 Å². The second kappa shape index (κ2) is 12.1. The van der Waals surface area contributed by atoms with E-state index in [1.807, 2.05) is 0 Å². The summed E-state index contributed by atoms with van der Waals surface area (Å²) in [5, 5.41) is 7.74. The van der Waals surface area contributed by atoms with E-state index in [-0.39, 0.29) is 0 Å². The Kier molecular flexibility index (Phi) is 7.60. The Morgan fingerprint density at radius 3 is 1.18 bits per heavy atom. The number of benzene rings is 8. The van der Waals surface area contributed by atoms with Crippen molar-refractivity contribution in [1.29, 1.82) is 0 Å². The molecular weight excluding hydrogens is 593 g/mol. The third-order valence-electron chi connectivity index (χ3n) is 10.0. The molecule has 8 aromatic rings. The predicted octanol–water partition coefficient (Wildman–Crippen LogP) is 13.9. The van der Waals surface area contributed by atoms with Gasteiger partial charge in [-0.3, -0.25) is 0 Å². The summed E-state index contributed by atoms with van der Waals surface area (Å²) >= 11 is 0. The summed E-state index contributed by atoms with van der Waals surface area (Å²) in [6, 6.07) is 52.1. The van der Waals surface area contributed by atoms with Crippen LogP contribution in [-0.4, -0.2) is 0 Å². The lowest BCUT2D eigenvalue weighted by molar-refractivity contribution is 0.876. The van der Waals surface area contributed by atoms with Crippen LogP contribution in [0.2, 0.25) is 0 Å². The molecule has 0 aliphatic carbocycles. The Hall–Kier alpha value is -5.60. The van der Waals surface area contributed by atoms with Gasteiger partial charge in [-0.2, -0.15) is 0 Å². The van der Waals surface area contributed by atoms with Crippen LogP contribution < -0.4 is 9.80 Å².